The van der Waals surface area contributed by atoms with E-state index < -0.39 is 46.4 Å². The molecule has 1 fully saturated rings. The fourth-order valence-electron chi connectivity index (χ4n) is 3.52. The van der Waals surface area contributed by atoms with Crippen LogP contribution in [0.1, 0.15) is 25.0 Å². The monoisotopic (exact) mass is 529 g/mol. The first-order valence-corrected chi connectivity index (χ1v) is 11.7. The summed E-state index contributed by atoms with van der Waals surface area (Å²) in [5, 5.41) is 7.95. The van der Waals surface area contributed by atoms with Crippen LogP contribution in [0.3, 0.4) is 0 Å². The van der Waals surface area contributed by atoms with E-state index in [1.807, 2.05) is 60.7 Å². The molecule has 0 spiro atoms. The van der Waals surface area contributed by atoms with Crippen LogP contribution in [0.4, 0.5) is 0 Å². The number of nitrogens with one attached hydrogen (secondary N) is 1. The number of hydrogen-bond acceptors (Lipinski definition) is 7. The third kappa shape index (κ3) is 7.57. The van der Waals surface area contributed by atoms with Crippen LogP contribution in [0.25, 0.3) is 0 Å². The first-order chi connectivity index (χ1) is 16.1. The summed E-state index contributed by atoms with van der Waals surface area (Å²) in [4.78, 5) is 12.0. The number of alkyl halides is 3. The molecule has 3 rings (SSSR count). The van der Waals surface area contributed by atoms with Crippen molar-refractivity contribution >= 4 is 46.7 Å². The van der Waals surface area contributed by atoms with E-state index >= 15 is 0 Å². The van der Waals surface area contributed by atoms with Gasteiger partial charge in [-0.15, -0.1) is 0 Å². The predicted molar refractivity (Wildman–Crippen MR) is 129 cm³/mol. The molecule has 184 valence electrons. The number of rotatable bonds is 8. The van der Waals surface area contributed by atoms with Gasteiger partial charge in [-0.1, -0.05) is 95.5 Å². The highest BCUT2D eigenvalue weighted by Crippen LogP contribution is 2.34. The molecule has 0 radical (unpaired) electrons. The summed E-state index contributed by atoms with van der Waals surface area (Å²) >= 11 is 17.3. The number of hydrogen-bond donors (Lipinski definition) is 1. The number of esters is 1. The third-order valence-corrected chi connectivity index (χ3v) is 5.61. The Morgan fingerprint density at radius 1 is 0.882 bits per heavy atom. The minimum Gasteiger partial charge on any atom is -0.453 e. The highest BCUT2D eigenvalue weighted by atomic mass is 35.6. The van der Waals surface area contributed by atoms with Crippen molar-refractivity contribution in [3.8, 4) is 0 Å². The number of ether oxygens (including phenoxy) is 5. The zero-order chi connectivity index (χ0) is 24.7. The first-order valence-electron chi connectivity index (χ1n) is 10.6. The summed E-state index contributed by atoms with van der Waals surface area (Å²) in [6, 6.07) is 19.1. The molecule has 10 heteroatoms. The molecule has 0 amide bonds. The average Bonchev–Trinajstić information content (AvgIpc) is 2.79. The van der Waals surface area contributed by atoms with Gasteiger partial charge in [-0.2, -0.15) is 0 Å². The lowest BCUT2D eigenvalue weighted by atomic mass is 9.98. The second-order valence-electron chi connectivity index (χ2n) is 7.75. The molecule has 1 aliphatic heterocycles. The quantitative estimate of drug-likeness (QED) is 0.219. The Kier molecular flexibility index (Phi) is 9.59. The number of benzene rings is 2. The van der Waals surface area contributed by atoms with Gasteiger partial charge in [0.1, 0.15) is 12.2 Å². The van der Waals surface area contributed by atoms with Gasteiger partial charge >= 0.3 is 5.97 Å². The molecule has 7 nitrogen and oxygen atoms in total. The van der Waals surface area contributed by atoms with Gasteiger partial charge in [-0.3, -0.25) is 10.2 Å². The molecule has 1 saturated heterocycles. The van der Waals surface area contributed by atoms with E-state index in [4.69, 9.17) is 63.9 Å². The molecular weight excluding hydrogens is 505 g/mol. The highest BCUT2D eigenvalue weighted by molar-refractivity contribution is 6.76. The Morgan fingerprint density at radius 3 is 1.85 bits per heavy atom. The minimum atomic E-state index is -2.12. The van der Waals surface area contributed by atoms with Crippen LogP contribution in [0, 0.1) is 5.41 Å². The van der Waals surface area contributed by atoms with Gasteiger partial charge in [0, 0.05) is 6.92 Å². The van der Waals surface area contributed by atoms with E-state index in [-0.39, 0.29) is 13.2 Å². The molecule has 2 aromatic rings. The van der Waals surface area contributed by atoms with Crippen LogP contribution in [0.15, 0.2) is 60.7 Å². The first kappa shape index (κ1) is 26.7. The van der Waals surface area contributed by atoms with E-state index in [0.717, 1.165) is 11.1 Å². The van der Waals surface area contributed by atoms with Crippen molar-refractivity contribution < 1.29 is 28.5 Å². The van der Waals surface area contributed by atoms with Crippen molar-refractivity contribution in [1.82, 2.24) is 0 Å². The predicted octanol–water partition coefficient (Wildman–Crippen LogP) is 5.20. The topological polar surface area (TPSA) is 87.1 Å². The van der Waals surface area contributed by atoms with Gasteiger partial charge in [-0.25, -0.2) is 0 Å². The van der Waals surface area contributed by atoms with E-state index in [2.05, 4.69) is 0 Å². The second-order valence-corrected chi connectivity index (χ2v) is 10.0. The molecule has 1 N–H and O–H groups in total. The molecule has 2 aromatic carbocycles. The Morgan fingerprint density at radius 2 is 1.38 bits per heavy atom. The molecule has 34 heavy (non-hydrogen) atoms. The second kappa shape index (κ2) is 12.2. The zero-order valence-electron chi connectivity index (χ0n) is 18.7. The van der Waals surface area contributed by atoms with Crippen molar-refractivity contribution in [2.75, 3.05) is 0 Å². The number of carbonyl (C=O) groups excluding carboxylic acids is 1. The fourth-order valence-corrected chi connectivity index (χ4v) is 3.65. The minimum absolute atomic E-state index is 0.218. The van der Waals surface area contributed by atoms with Gasteiger partial charge < -0.3 is 23.7 Å². The molecular formula is C24H26Cl3NO6. The molecule has 0 aromatic heterocycles. The summed E-state index contributed by atoms with van der Waals surface area (Å²) < 4.78 is 27.2. The van der Waals surface area contributed by atoms with Gasteiger partial charge in [0.2, 0.25) is 12.2 Å². The van der Waals surface area contributed by atoms with Crippen LogP contribution in [-0.4, -0.2) is 46.4 Å². The Labute approximate surface area is 213 Å². The van der Waals surface area contributed by atoms with E-state index in [1.165, 1.54) is 6.92 Å². The van der Waals surface area contributed by atoms with Gasteiger partial charge in [0.15, 0.2) is 6.10 Å². The highest BCUT2D eigenvalue weighted by Gasteiger charge is 2.50. The van der Waals surface area contributed by atoms with Crippen molar-refractivity contribution in [2.45, 2.75) is 61.6 Å². The van der Waals surface area contributed by atoms with Crippen LogP contribution in [-0.2, 0) is 41.7 Å². The molecule has 0 bridgehead atoms. The Balaban J connectivity index is 1.86. The number of carbonyl (C=O) groups is 1. The third-order valence-electron chi connectivity index (χ3n) is 5.09. The summed E-state index contributed by atoms with van der Waals surface area (Å²) in [6.45, 7) is 3.53. The maximum atomic E-state index is 12.0. The Bertz CT molecular complexity index is 941. The maximum absolute atomic E-state index is 12.0. The standard InChI is InChI=1S/C24H26Cl3NO6/c1-15-19(30-13-17-9-5-3-6-10-17)20(31-14-18-11-7-4-8-12-18)21(33-16(2)29)22(32-15)34-23(28)24(25,26)27/h3-12,15,19-22,28H,13-14H2,1-2H3/t15?,19-,20-,21?,22-/m0/s1. The summed E-state index contributed by atoms with van der Waals surface area (Å²) in [7, 11) is 0. The van der Waals surface area contributed by atoms with Crippen molar-refractivity contribution in [1.29, 1.82) is 5.41 Å². The molecule has 5 atom stereocenters. The van der Waals surface area contributed by atoms with Crippen molar-refractivity contribution in [3.63, 3.8) is 0 Å². The average molecular weight is 531 g/mol. The van der Waals surface area contributed by atoms with Crippen molar-refractivity contribution in [2.24, 2.45) is 0 Å². The summed E-state index contributed by atoms with van der Waals surface area (Å²) in [6.07, 6.45) is -4.34. The Hall–Kier alpha value is -1.87. The fraction of sp³-hybridized carbons (Fsp3) is 0.417. The number of halogens is 3. The molecule has 2 unspecified atom stereocenters. The van der Waals surface area contributed by atoms with Crippen LogP contribution < -0.4 is 0 Å². The van der Waals surface area contributed by atoms with Crippen LogP contribution in [0.2, 0.25) is 0 Å². The maximum Gasteiger partial charge on any atom is 0.303 e. The van der Waals surface area contributed by atoms with Gasteiger partial charge in [0.05, 0.1) is 19.3 Å². The van der Waals surface area contributed by atoms with E-state index in [9.17, 15) is 4.79 Å². The smallest absolute Gasteiger partial charge is 0.303 e. The lowest BCUT2D eigenvalue weighted by Crippen LogP contribution is -2.61. The largest absolute Gasteiger partial charge is 0.453 e. The van der Waals surface area contributed by atoms with E-state index in [0.29, 0.717) is 0 Å². The zero-order valence-corrected chi connectivity index (χ0v) is 20.9. The van der Waals surface area contributed by atoms with Crippen LogP contribution >= 0.6 is 34.8 Å². The molecule has 1 heterocycles. The van der Waals surface area contributed by atoms with Gasteiger partial charge in [0.25, 0.3) is 3.79 Å². The lowest BCUT2D eigenvalue weighted by molar-refractivity contribution is -0.296. The SMILES string of the molecule is CC(=O)OC1[C@H](OC(=N)C(Cl)(Cl)Cl)OC(C)[C@H](OCc2ccccc2)[C@@H]1OCc1ccccc1. The van der Waals surface area contributed by atoms with Gasteiger partial charge in [-0.05, 0) is 18.1 Å². The normalized spacial score (nSPS) is 24.9. The summed E-state index contributed by atoms with van der Waals surface area (Å²) in [5.74, 6) is -1.26. The molecule has 0 saturated carbocycles. The summed E-state index contributed by atoms with van der Waals surface area (Å²) in [5.41, 5.74) is 1.87. The lowest BCUT2D eigenvalue weighted by Gasteiger charge is -2.44. The molecule has 1 aliphatic rings. The molecule has 0 aliphatic carbocycles. The van der Waals surface area contributed by atoms with Crippen LogP contribution in [0.5, 0.6) is 0 Å². The van der Waals surface area contributed by atoms with E-state index in [1.54, 1.807) is 6.92 Å². The van der Waals surface area contributed by atoms with Crippen molar-refractivity contribution in [3.05, 3.63) is 71.8 Å².